The van der Waals surface area contributed by atoms with Crippen LogP contribution in [0.5, 0.6) is 0 Å². The Kier molecular flexibility index (Phi) is 5.85. The molecule has 3 nitrogen and oxygen atoms in total. The first-order chi connectivity index (χ1) is 7.94. The molecule has 0 bridgehead atoms. The van der Waals surface area contributed by atoms with Gasteiger partial charge in [0.2, 0.25) is 10.0 Å². The zero-order valence-corrected chi connectivity index (χ0v) is 12.1. The van der Waals surface area contributed by atoms with Crippen LogP contribution >= 0.6 is 27.5 Å². The zero-order valence-electron chi connectivity index (χ0n) is 8.92. The van der Waals surface area contributed by atoms with Crippen molar-refractivity contribution in [2.24, 2.45) is 0 Å². The highest BCUT2D eigenvalue weighted by atomic mass is 79.9. The van der Waals surface area contributed by atoms with E-state index >= 15 is 0 Å². The highest BCUT2D eigenvalue weighted by Gasteiger charge is 2.10. The fourth-order valence-corrected chi connectivity index (χ4v) is 2.91. The van der Waals surface area contributed by atoms with E-state index in [-0.39, 0.29) is 12.3 Å². The van der Waals surface area contributed by atoms with Crippen LogP contribution in [-0.4, -0.2) is 20.1 Å². The highest BCUT2D eigenvalue weighted by Crippen LogP contribution is 2.17. The van der Waals surface area contributed by atoms with Crippen molar-refractivity contribution in [1.82, 2.24) is 4.72 Å². The molecule has 0 radical (unpaired) electrons. The standard InChI is InChI=1S/C10H12BrClFNO2S/c11-10-3-2-9(13)6-8(10)7-14-17(15,16)5-1-4-12/h2-3,6,14H,1,4-5,7H2. The summed E-state index contributed by atoms with van der Waals surface area (Å²) < 4.78 is 39.0. The number of hydrogen-bond acceptors (Lipinski definition) is 2. The van der Waals surface area contributed by atoms with Crippen molar-refractivity contribution in [2.45, 2.75) is 13.0 Å². The summed E-state index contributed by atoms with van der Waals surface area (Å²) in [5.74, 6) is -0.128. The Morgan fingerprint density at radius 2 is 2.12 bits per heavy atom. The maximum atomic E-state index is 13.0. The lowest BCUT2D eigenvalue weighted by atomic mass is 10.2. The third-order valence-corrected chi connectivity index (χ3v) is 4.49. The van der Waals surface area contributed by atoms with Gasteiger partial charge in [0.15, 0.2) is 0 Å². The summed E-state index contributed by atoms with van der Waals surface area (Å²) in [7, 11) is -3.35. The third-order valence-electron chi connectivity index (χ3n) is 2.04. The van der Waals surface area contributed by atoms with Gasteiger partial charge in [0.25, 0.3) is 0 Å². The summed E-state index contributed by atoms with van der Waals surface area (Å²) in [6, 6.07) is 4.13. The van der Waals surface area contributed by atoms with Gasteiger partial charge in [-0.05, 0) is 30.2 Å². The number of nitrogens with one attached hydrogen (secondary N) is 1. The van der Waals surface area contributed by atoms with E-state index in [1.54, 1.807) is 0 Å². The van der Waals surface area contributed by atoms with E-state index in [1.165, 1.54) is 18.2 Å². The van der Waals surface area contributed by atoms with Gasteiger partial charge >= 0.3 is 0 Å². The lowest BCUT2D eigenvalue weighted by Crippen LogP contribution is -2.26. The van der Waals surface area contributed by atoms with Gasteiger partial charge in [-0.15, -0.1) is 11.6 Å². The number of sulfonamides is 1. The smallest absolute Gasteiger partial charge is 0.211 e. The minimum absolute atomic E-state index is 0.0244. The SMILES string of the molecule is O=S(=O)(CCCCl)NCc1cc(F)ccc1Br. The molecule has 1 N–H and O–H groups in total. The summed E-state index contributed by atoms with van der Waals surface area (Å²) >= 11 is 8.65. The lowest BCUT2D eigenvalue weighted by molar-refractivity contribution is 0.579. The van der Waals surface area contributed by atoms with Crippen LogP contribution in [0, 0.1) is 5.82 Å². The quantitative estimate of drug-likeness (QED) is 0.806. The van der Waals surface area contributed by atoms with E-state index in [0.29, 0.717) is 22.3 Å². The predicted molar refractivity (Wildman–Crippen MR) is 70.1 cm³/mol. The molecule has 0 unspecified atom stereocenters. The number of halogens is 3. The van der Waals surface area contributed by atoms with E-state index < -0.39 is 15.8 Å². The van der Waals surface area contributed by atoms with Gasteiger partial charge in [0.1, 0.15) is 5.82 Å². The van der Waals surface area contributed by atoms with Crippen molar-refractivity contribution in [3.8, 4) is 0 Å². The van der Waals surface area contributed by atoms with E-state index in [2.05, 4.69) is 20.7 Å². The predicted octanol–water partition coefficient (Wildman–Crippen LogP) is 2.64. The summed E-state index contributed by atoms with van der Waals surface area (Å²) in [4.78, 5) is 0. The Morgan fingerprint density at radius 1 is 1.41 bits per heavy atom. The molecule has 0 saturated heterocycles. The maximum absolute atomic E-state index is 13.0. The summed E-state index contributed by atoms with van der Waals surface area (Å²) in [6.45, 7) is 0.0585. The highest BCUT2D eigenvalue weighted by molar-refractivity contribution is 9.10. The van der Waals surface area contributed by atoms with Crippen LogP contribution in [0.3, 0.4) is 0 Å². The molecule has 0 atom stereocenters. The van der Waals surface area contributed by atoms with Crippen LogP contribution in [0.25, 0.3) is 0 Å². The van der Waals surface area contributed by atoms with Crippen molar-refractivity contribution in [3.63, 3.8) is 0 Å². The lowest BCUT2D eigenvalue weighted by Gasteiger charge is -2.07. The van der Waals surface area contributed by atoms with Crippen molar-refractivity contribution < 1.29 is 12.8 Å². The van der Waals surface area contributed by atoms with Crippen molar-refractivity contribution in [2.75, 3.05) is 11.6 Å². The van der Waals surface area contributed by atoms with Crippen molar-refractivity contribution in [1.29, 1.82) is 0 Å². The second kappa shape index (κ2) is 6.68. The molecule has 1 aromatic rings. The molecule has 96 valence electrons. The van der Waals surface area contributed by atoms with Crippen LogP contribution in [0.15, 0.2) is 22.7 Å². The topological polar surface area (TPSA) is 46.2 Å². The second-order valence-electron chi connectivity index (χ2n) is 3.42. The van der Waals surface area contributed by atoms with Gasteiger partial charge < -0.3 is 0 Å². The Balaban J connectivity index is 2.64. The molecule has 17 heavy (non-hydrogen) atoms. The maximum Gasteiger partial charge on any atom is 0.211 e. The van der Waals surface area contributed by atoms with E-state index in [0.717, 1.165) is 0 Å². The molecule has 1 rings (SSSR count). The molecule has 0 aromatic heterocycles. The van der Waals surface area contributed by atoms with E-state index in [1.807, 2.05) is 0 Å². The Morgan fingerprint density at radius 3 is 2.76 bits per heavy atom. The largest absolute Gasteiger partial charge is 0.212 e. The normalized spacial score (nSPS) is 11.7. The molecular formula is C10H12BrClFNO2S. The average molecular weight is 345 g/mol. The Labute approximate surface area is 114 Å². The second-order valence-corrected chi connectivity index (χ2v) is 6.58. The molecule has 1 aromatic carbocycles. The van der Waals surface area contributed by atoms with E-state index in [4.69, 9.17) is 11.6 Å². The monoisotopic (exact) mass is 343 g/mol. The van der Waals surface area contributed by atoms with Gasteiger partial charge in [0, 0.05) is 16.9 Å². The molecule has 0 aliphatic rings. The molecule has 0 amide bonds. The van der Waals surface area contributed by atoms with Gasteiger partial charge in [-0.1, -0.05) is 15.9 Å². The number of alkyl halides is 1. The first kappa shape index (κ1) is 14.9. The van der Waals surface area contributed by atoms with Crippen LogP contribution in [0.4, 0.5) is 4.39 Å². The molecule has 0 saturated carbocycles. The van der Waals surface area contributed by atoms with Crippen LogP contribution in [-0.2, 0) is 16.6 Å². The third kappa shape index (κ3) is 5.33. The van der Waals surface area contributed by atoms with E-state index in [9.17, 15) is 12.8 Å². The van der Waals surface area contributed by atoms with Crippen LogP contribution in [0.1, 0.15) is 12.0 Å². The minimum atomic E-state index is -3.35. The summed E-state index contributed by atoms with van der Waals surface area (Å²) in [5.41, 5.74) is 0.555. The number of hydrogen-bond donors (Lipinski definition) is 1. The van der Waals surface area contributed by atoms with Gasteiger partial charge in [0.05, 0.1) is 5.75 Å². The number of rotatable bonds is 6. The average Bonchev–Trinajstić information content (AvgIpc) is 2.28. The molecule has 7 heteroatoms. The molecule has 0 aliphatic heterocycles. The first-order valence-electron chi connectivity index (χ1n) is 4.92. The summed E-state index contributed by atoms with van der Waals surface area (Å²) in [5, 5.41) is 0. The zero-order chi connectivity index (χ0) is 12.9. The molecule has 0 aliphatic carbocycles. The van der Waals surface area contributed by atoms with Gasteiger partial charge in [-0.3, -0.25) is 0 Å². The number of benzene rings is 1. The van der Waals surface area contributed by atoms with Crippen molar-refractivity contribution >= 4 is 37.6 Å². The summed E-state index contributed by atoms with van der Waals surface area (Å²) in [6.07, 6.45) is 0.390. The van der Waals surface area contributed by atoms with Crippen molar-refractivity contribution in [3.05, 3.63) is 34.1 Å². The molecular weight excluding hydrogens is 333 g/mol. The fourth-order valence-electron chi connectivity index (χ4n) is 1.18. The van der Waals surface area contributed by atoms with Gasteiger partial charge in [-0.2, -0.15) is 0 Å². The Hall–Kier alpha value is -0.170. The van der Waals surface area contributed by atoms with Gasteiger partial charge in [-0.25, -0.2) is 17.5 Å². The Bertz CT molecular complexity index is 481. The molecule has 0 heterocycles. The molecule has 0 spiro atoms. The fraction of sp³-hybridized carbons (Fsp3) is 0.400. The van der Waals surface area contributed by atoms with Crippen LogP contribution < -0.4 is 4.72 Å². The molecule has 0 fully saturated rings. The van der Waals surface area contributed by atoms with Crippen LogP contribution in [0.2, 0.25) is 0 Å². The first-order valence-corrected chi connectivity index (χ1v) is 7.90. The minimum Gasteiger partial charge on any atom is -0.212 e.